The Hall–Kier alpha value is -3.68. The lowest BCUT2D eigenvalue weighted by molar-refractivity contribution is -0.122. The van der Waals surface area contributed by atoms with Crippen molar-refractivity contribution in [1.29, 1.82) is 0 Å². The summed E-state index contributed by atoms with van der Waals surface area (Å²) in [7, 11) is 0. The molecule has 2 aliphatic carbocycles. The van der Waals surface area contributed by atoms with Crippen molar-refractivity contribution in [2.45, 2.75) is 70.3 Å². The van der Waals surface area contributed by atoms with Crippen LogP contribution < -0.4 is 11.3 Å². The molecule has 2 N–H and O–H groups in total. The number of Topliss-reactive ketones (excluding diaryl/α,β-unsaturated/α-hetero) is 2. The molecule has 0 saturated heterocycles. The van der Waals surface area contributed by atoms with Gasteiger partial charge in [0.25, 0.3) is 5.56 Å². The van der Waals surface area contributed by atoms with Crippen molar-refractivity contribution < 1.29 is 14.4 Å². The van der Waals surface area contributed by atoms with Crippen LogP contribution in [0.15, 0.2) is 47.7 Å². The summed E-state index contributed by atoms with van der Waals surface area (Å²) in [6, 6.07) is 7.56. The second-order valence-corrected chi connectivity index (χ2v) is 10.6. The first-order valence-electron chi connectivity index (χ1n) is 13.2. The van der Waals surface area contributed by atoms with Crippen LogP contribution in [0.3, 0.4) is 0 Å². The van der Waals surface area contributed by atoms with E-state index in [1.807, 2.05) is 0 Å². The van der Waals surface area contributed by atoms with E-state index in [0.29, 0.717) is 46.8 Å². The molecule has 2 fully saturated rings. The lowest BCUT2D eigenvalue weighted by Gasteiger charge is -2.27. The number of ketones is 2. The summed E-state index contributed by atoms with van der Waals surface area (Å²) in [5.41, 5.74) is 6.85. The second-order valence-electron chi connectivity index (χ2n) is 10.6. The molecule has 5 rings (SSSR count). The third-order valence-corrected chi connectivity index (χ3v) is 7.73. The quantitative estimate of drug-likeness (QED) is 0.416. The van der Waals surface area contributed by atoms with Gasteiger partial charge in [-0.3, -0.25) is 28.7 Å². The first-order valence-corrected chi connectivity index (χ1v) is 13.2. The Bertz CT molecular complexity index is 1390. The molecule has 0 aliphatic heterocycles. The summed E-state index contributed by atoms with van der Waals surface area (Å²) in [6.07, 6.45) is 11.7. The van der Waals surface area contributed by atoms with Crippen LogP contribution in [0.1, 0.15) is 90.2 Å². The number of hydrogen-bond acceptors (Lipinski definition) is 6. The SMILES string of the molecule is NC(=O)c1ccc(CC(=O)C(CC2CCCCC2)n2cnc3cc(C(=O)CC4CC4)ccc3c2=O)nc1. The van der Waals surface area contributed by atoms with E-state index in [4.69, 9.17) is 5.73 Å². The first-order chi connectivity index (χ1) is 17.9. The van der Waals surface area contributed by atoms with E-state index in [1.54, 1.807) is 30.3 Å². The summed E-state index contributed by atoms with van der Waals surface area (Å²) < 4.78 is 1.46. The zero-order valence-corrected chi connectivity index (χ0v) is 20.9. The van der Waals surface area contributed by atoms with Gasteiger partial charge in [0.15, 0.2) is 11.6 Å². The highest BCUT2D eigenvalue weighted by Gasteiger charge is 2.28. The number of carbonyl (C=O) groups is 3. The van der Waals surface area contributed by atoms with Gasteiger partial charge >= 0.3 is 0 Å². The second kappa shape index (κ2) is 10.7. The molecular formula is C29H32N4O4. The third kappa shape index (κ3) is 5.84. The molecule has 8 nitrogen and oxygen atoms in total. The maximum absolute atomic E-state index is 13.6. The number of hydrogen-bond donors (Lipinski definition) is 1. The molecule has 37 heavy (non-hydrogen) atoms. The van der Waals surface area contributed by atoms with Crippen LogP contribution in [0.5, 0.6) is 0 Å². The lowest BCUT2D eigenvalue weighted by atomic mass is 9.83. The molecule has 1 aromatic carbocycles. The Labute approximate surface area is 215 Å². The lowest BCUT2D eigenvalue weighted by Crippen LogP contribution is -2.33. The molecule has 2 aromatic heterocycles. The molecule has 0 radical (unpaired) electrons. The normalized spacial score (nSPS) is 17.0. The molecular weight excluding hydrogens is 468 g/mol. The first kappa shape index (κ1) is 25.0. The minimum Gasteiger partial charge on any atom is -0.366 e. The fraction of sp³-hybridized carbons (Fsp3) is 0.448. The number of nitrogens with zero attached hydrogens (tertiary/aromatic N) is 3. The minimum absolute atomic E-state index is 0.0372. The molecule has 1 unspecified atom stereocenters. The van der Waals surface area contributed by atoms with Crippen molar-refractivity contribution in [3.8, 4) is 0 Å². The van der Waals surface area contributed by atoms with E-state index >= 15 is 0 Å². The minimum atomic E-state index is -0.665. The van der Waals surface area contributed by atoms with Crippen LogP contribution in [0.4, 0.5) is 0 Å². The number of primary amides is 1. The summed E-state index contributed by atoms with van der Waals surface area (Å²) in [6.45, 7) is 0. The maximum atomic E-state index is 13.6. The number of rotatable bonds is 10. The average molecular weight is 501 g/mol. The number of pyridine rings is 1. The zero-order chi connectivity index (χ0) is 25.9. The van der Waals surface area contributed by atoms with E-state index in [2.05, 4.69) is 9.97 Å². The van der Waals surface area contributed by atoms with Crippen LogP contribution in [0, 0.1) is 11.8 Å². The van der Waals surface area contributed by atoms with E-state index in [-0.39, 0.29) is 29.1 Å². The summed E-state index contributed by atoms with van der Waals surface area (Å²) in [4.78, 5) is 59.8. The van der Waals surface area contributed by atoms with Gasteiger partial charge in [0.2, 0.25) is 5.91 Å². The fourth-order valence-electron chi connectivity index (χ4n) is 5.34. The van der Waals surface area contributed by atoms with Crippen LogP contribution in [-0.2, 0) is 11.2 Å². The predicted octanol–water partition coefficient (Wildman–Crippen LogP) is 4.20. The Kier molecular flexibility index (Phi) is 7.26. The number of carbonyl (C=O) groups excluding carboxylic acids is 3. The van der Waals surface area contributed by atoms with Gasteiger partial charge in [-0.1, -0.05) is 38.2 Å². The van der Waals surface area contributed by atoms with Gasteiger partial charge in [-0.15, -0.1) is 0 Å². The van der Waals surface area contributed by atoms with Gasteiger partial charge in [0, 0.05) is 23.9 Å². The highest BCUT2D eigenvalue weighted by molar-refractivity contribution is 5.99. The number of amides is 1. The standard InChI is InChI=1S/C29H32N4O4/c30-28(36)21-8-10-22(31-16-21)15-27(35)25(12-18-4-2-1-3-5-18)33-17-32-24-14-20(9-11-23(24)29(33)37)26(34)13-19-6-7-19/h8-11,14,16-19,25H,1-7,12-13,15H2,(H2,30,36). The maximum Gasteiger partial charge on any atom is 0.261 e. The number of benzene rings is 1. The number of aromatic nitrogens is 3. The van der Waals surface area contributed by atoms with Crippen LogP contribution in [-0.4, -0.2) is 32.0 Å². The van der Waals surface area contributed by atoms with E-state index in [9.17, 15) is 19.2 Å². The number of nitrogens with two attached hydrogens (primary N) is 1. The smallest absolute Gasteiger partial charge is 0.261 e. The molecule has 3 aromatic rings. The van der Waals surface area contributed by atoms with Crippen molar-refractivity contribution in [2.75, 3.05) is 0 Å². The van der Waals surface area contributed by atoms with E-state index < -0.39 is 11.9 Å². The van der Waals surface area contributed by atoms with Gasteiger partial charge in [-0.05, 0) is 55.4 Å². The molecule has 8 heteroatoms. The predicted molar refractivity (Wildman–Crippen MR) is 139 cm³/mol. The van der Waals surface area contributed by atoms with Crippen molar-refractivity contribution >= 4 is 28.4 Å². The Morgan fingerprint density at radius 2 is 1.70 bits per heavy atom. The van der Waals surface area contributed by atoms with E-state index in [1.165, 1.54) is 23.5 Å². The number of fused-ring (bicyclic) bond motifs is 1. The highest BCUT2D eigenvalue weighted by Crippen LogP contribution is 2.34. The van der Waals surface area contributed by atoms with Crippen molar-refractivity contribution in [3.05, 3.63) is 70.0 Å². The zero-order valence-electron chi connectivity index (χ0n) is 20.9. The Balaban J connectivity index is 1.44. The van der Waals surface area contributed by atoms with Crippen molar-refractivity contribution in [2.24, 2.45) is 17.6 Å². The van der Waals surface area contributed by atoms with Gasteiger partial charge in [-0.2, -0.15) is 0 Å². The molecule has 2 heterocycles. The van der Waals surface area contributed by atoms with Gasteiger partial charge < -0.3 is 5.73 Å². The van der Waals surface area contributed by atoms with Crippen LogP contribution in [0.25, 0.3) is 10.9 Å². The van der Waals surface area contributed by atoms with Gasteiger partial charge in [-0.25, -0.2) is 4.98 Å². The largest absolute Gasteiger partial charge is 0.366 e. The summed E-state index contributed by atoms with van der Waals surface area (Å²) in [5.74, 6) is 0.224. The Morgan fingerprint density at radius 3 is 2.38 bits per heavy atom. The monoisotopic (exact) mass is 500 g/mol. The van der Waals surface area contributed by atoms with Crippen molar-refractivity contribution in [3.63, 3.8) is 0 Å². The topological polar surface area (TPSA) is 125 Å². The molecule has 0 bridgehead atoms. The molecule has 192 valence electrons. The van der Waals surface area contributed by atoms with E-state index in [0.717, 1.165) is 38.5 Å². The molecule has 0 spiro atoms. The van der Waals surface area contributed by atoms with Gasteiger partial charge in [0.05, 0.1) is 35.3 Å². The summed E-state index contributed by atoms with van der Waals surface area (Å²) in [5, 5.41) is 0.399. The molecule has 1 atom stereocenters. The fourth-order valence-corrected chi connectivity index (χ4v) is 5.34. The summed E-state index contributed by atoms with van der Waals surface area (Å²) >= 11 is 0. The van der Waals surface area contributed by atoms with Crippen LogP contribution >= 0.6 is 0 Å². The van der Waals surface area contributed by atoms with Crippen molar-refractivity contribution in [1.82, 2.24) is 14.5 Å². The Morgan fingerprint density at radius 1 is 0.946 bits per heavy atom. The van der Waals surface area contributed by atoms with Crippen LogP contribution in [0.2, 0.25) is 0 Å². The highest BCUT2D eigenvalue weighted by atomic mass is 16.2. The average Bonchev–Trinajstić information content (AvgIpc) is 3.72. The molecule has 2 saturated carbocycles. The third-order valence-electron chi connectivity index (χ3n) is 7.73. The molecule has 2 aliphatic rings. The molecule has 1 amide bonds. The van der Waals surface area contributed by atoms with Gasteiger partial charge in [0.1, 0.15) is 0 Å².